The molecule has 1 fully saturated rings. The third-order valence-electron chi connectivity index (χ3n) is 3.21. The Hall–Kier alpha value is -0.426. The van der Waals surface area contributed by atoms with E-state index in [1.54, 1.807) is 0 Å². The second kappa shape index (κ2) is 5.27. The minimum Gasteiger partial charge on any atom is -0.434 e. The van der Waals surface area contributed by atoms with Crippen LogP contribution in [0.3, 0.4) is 0 Å². The highest BCUT2D eigenvalue weighted by Crippen LogP contribution is 2.19. The average molecular weight is 252 g/mol. The molecule has 16 heavy (non-hydrogen) atoms. The van der Waals surface area contributed by atoms with E-state index in [0.717, 1.165) is 6.61 Å². The largest absolute Gasteiger partial charge is 0.434 e. The van der Waals surface area contributed by atoms with Crippen molar-refractivity contribution >= 4 is 22.8 Å². The first-order chi connectivity index (χ1) is 7.71. The van der Waals surface area contributed by atoms with E-state index >= 15 is 0 Å². The van der Waals surface area contributed by atoms with E-state index in [-0.39, 0.29) is 0 Å². The number of rotatable bonds is 1. The second-order valence-electron chi connectivity index (χ2n) is 4.61. The van der Waals surface area contributed by atoms with Crippen molar-refractivity contribution in [1.82, 2.24) is 0 Å². The van der Waals surface area contributed by atoms with Gasteiger partial charge in [0.25, 0.3) is 0 Å². The molecule has 88 valence electrons. The summed E-state index contributed by atoms with van der Waals surface area (Å²) in [5.74, 6) is 0. The maximum atomic E-state index is 6.32. The molecule has 1 saturated heterocycles. The van der Waals surface area contributed by atoms with Gasteiger partial charge in [0.1, 0.15) is 0 Å². The van der Waals surface area contributed by atoms with E-state index in [9.17, 15) is 0 Å². The molecule has 2 atom stereocenters. The van der Waals surface area contributed by atoms with Crippen LogP contribution in [0, 0.1) is 0 Å². The van der Waals surface area contributed by atoms with Gasteiger partial charge in [0.05, 0.1) is 0 Å². The van der Waals surface area contributed by atoms with Crippen molar-refractivity contribution in [3.63, 3.8) is 0 Å². The lowest BCUT2D eigenvalue weighted by molar-refractivity contribution is 0.254. The predicted octanol–water partition coefficient (Wildman–Crippen LogP) is 2.15. The Kier molecular flexibility index (Phi) is 3.97. The van der Waals surface area contributed by atoms with Gasteiger partial charge in [-0.2, -0.15) is 0 Å². The summed E-state index contributed by atoms with van der Waals surface area (Å²) in [6.45, 7) is 5.38. The van der Waals surface area contributed by atoms with Gasteiger partial charge in [-0.1, -0.05) is 36.8 Å². The fourth-order valence-corrected chi connectivity index (χ4v) is 9.10. The Morgan fingerprint density at radius 1 is 1.19 bits per heavy atom. The SMILES string of the molecule is C[SiH]1OCCCC[Si](C)(c2ccccc2)O1. The summed E-state index contributed by atoms with van der Waals surface area (Å²) in [6.07, 6.45) is 2.43. The van der Waals surface area contributed by atoms with Gasteiger partial charge >= 0.3 is 9.28 Å². The number of hydrogen-bond donors (Lipinski definition) is 0. The third-order valence-corrected chi connectivity index (χ3v) is 10.2. The Labute approximate surface area is 101 Å². The topological polar surface area (TPSA) is 18.5 Å². The van der Waals surface area contributed by atoms with E-state index < -0.39 is 17.6 Å². The molecule has 1 aromatic carbocycles. The molecule has 1 aliphatic rings. The van der Waals surface area contributed by atoms with Crippen LogP contribution < -0.4 is 5.19 Å². The van der Waals surface area contributed by atoms with Crippen molar-refractivity contribution in [3.05, 3.63) is 30.3 Å². The Balaban J connectivity index is 2.20. The van der Waals surface area contributed by atoms with Crippen LogP contribution in [0.4, 0.5) is 0 Å². The zero-order chi connectivity index (χ0) is 11.4. The molecular weight excluding hydrogens is 232 g/mol. The van der Waals surface area contributed by atoms with Crippen LogP contribution in [-0.2, 0) is 8.54 Å². The average Bonchev–Trinajstić information content (AvgIpc) is 2.27. The molecule has 1 aliphatic heterocycles. The van der Waals surface area contributed by atoms with E-state index in [4.69, 9.17) is 8.54 Å². The highest BCUT2D eigenvalue weighted by Gasteiger charge is 2.34. The maximum absolute atomic E-state index is 6.32. The number of hydrogen-bond acceptors (Lipinski definition) is 2. The van der Waals surface area contributed by atoms with Crippen LogP contribution in [0.15, 0.2) is 30.3 Å². The number of benzene rings is 1. The van der Waals surface area contributed by atoms with Gasteiger partial charge < -0.3 is 8.54 Å². The smallest absolute Gasteiger partial charge is 0.308 e. The molecule has 2 nitrogen and oxygen atoms in total. The van der Waals surface area contributed by atoms with Crippen LogP contribution in [-0.4, -0.2) is 24.2 Å². The summed E-state index contributed by atoms with van der Waals surface area (Å²) in [7, 11) is -3.12. The Morgan fingerprint density at radius 2 is 1.94 bits per heavy atom. The summed E-state index contributed by atoms with van der Waals surface area (Å²) >= 11 is 0. The van der Waals surface area contributed by atoms with Crippen molar-refractivity contribution in [2.24, 2.45) is 0 Å². The van der Waals surface area contributed by atoms with Gasteiger partial charge in [0.15, 0.2) is 0 Å². The quantitative estimate of drug-likeness (QED) is 0.713. The van der Waals surface area contributed by atoms with Crippen molar-refractivity contribution in [2.75, 3.05) is 6.61 Å². The summed E-state index contributed by atoms with van der Waals surface area (Å²) in [4.78, 5) is 0. The van der Waals surface area contributed by atoms with Gasteiger partial charge in [-0.25, -0.2) is 0 Å². The molecule has 2 unspecified atom stereocenters. The zero-order valence-electron chi connectivity index (χ0n) is 10.1. The molecule has 1 heterocycles. The molecule has 0 amide bonds. The summed E-state index contributed by atoms with van der Waals surface area (Å²) in [5, 5.41) is 1.42. The van der Waals surface area contributed by atoms with Crippen molar-refractivity contribution in [3.8, 4) is 0 Å². The molecule has 0 aliphatic carbocycles. The molecule has 0 saturated carbocycles. The molecular formula is C12H20O2Si2. The molecule has 0 spiro atoms. The first-order valence-electron chi connectivity index (χ1n) is 6.06. The minimum absolute atomic E-state index is 0.895. The van der Waals surface area contributed by atoms with Gasteiger partial charge in [0.2, 0.25) is 8.32 Å². The highest BCUT2D eigenvalue weighted by atomic mass is 28.4. The van der Waals surface area contributed by atoms with E-state index in [0.29, 0.717) is 0 Å². The lowest BCUT2D eigenvalue weighted by Gasteiger charge is -2.33. The van der Waals surface area contributed by atoms with Crippen LogP contribution in [0.2, 0.25) is 19.1 Å². The molecule has 1 aromatic rings. The van der Waals surface area contributed by atoms with Gasteiger partial charge in [-0.3, -0.25) is 0 Å². The van der Waals surface area contributed by atoms with E-state index in [2.05, 4.69) is 43.4 Å². The molecule has 4 heteroatoms. The lowest BCUT2D eigenvalue weighted by Crippen LogP contribution is -2.52. The minimum atomic E-state index is -1.72. The summed E-state index contributed by atoms with van der Waals surface area (Å²) in [6, 6.07) is 12.0. The maximum Gasteiger partial charge on any atom is 0.308 e. The normalized spacial score (nSPS) is 31.8. The molecule has 2 rings (SSSR count). The van der Waals surface area contributed by atoms with E-state index in [1.165, 1.54) is 24.1 Å². The van der Waals surface area contributed by atoms with Gasteiger partial charge in [0, 0.05) is 6.61 Å². The third kappa shape index (κ3) is 2.82. The zero-order valence-corrected chi connectivity index (χ0v) is 12.3. The second-order valence-corrected chi connectivity index (χ2v) is 10.6. The van der Waals surface area contributed by atoms with Gasteiger partial charge in [-0.05, 0) is 30.7 Å². The monoisotopic (exact) mass is 252 g/mol. The summed E-state index contributed by atoms with van der Waals surface area (Å²) < 4.78 is 12.1. The van der Waals surface area contributed by atoms with Crippen LogP contribution in [0.5, 0.6) is 0 Å². The predicted molar refractivity (Wildman–Crippen MR) is 71.8 cm³/mol. The lowest BCUT2D eigenvalue weighted by atomic mass is 10.4. The summed E-state index contributed by atoms with van der Waals surface area (Å²) in [5.41, 5.74) is 0. The van der Waals surface area contributed by atoms with Crippen LogP contribution in [0.1, 0.15) is 12.8 Å². The molecule has 0 N–H and O–H groups in total. The standard InChI is InChI=1S/C12H20O2Si2/c1-15-13-10-6-7-11-16(2,14-15)12-8-4-3-5-9-12/h3-5,8-9,15H,6-7,10-11H2,1-2H3. The Bertz CT molecular complexity index is 331. The molecule has 0 bridgehead atoms. The first-order valence-corrected chi connectivity index (χ1v) is 10.8. The fraction of sp³-hybridized carbons (Fsp3) is 0.500. The van der Waals surface area contributed by atoms with Crippen LogP contribution in [0.25, 0.3) is 0 Å². The van der Waals surface area contributed by atoms with Crippen molar-refractivity contribution in [1.29, 1.82) is 0 Å². The fourth-order valence-electron chi connectivity index (χ4n) is 2.28. The highest BCUT2D eigenvalue weighted by molar-refractivity contribution is 6.89. The van der Waals surface area contributed by atoms with Gasteiger partial charge in [-0.15, -0.1) is 0 Å². The van der Waals surface area contributed by atoms with Crippen molar-refractivity contribution in [2.45, 2.75) is 32.0 Å². The molecule has 0 aromatic heterocycles. The Morgan fingerprint density at radius 3 is 2.69 bits per heavy atom. The van der Waals surface area contributed by atoms with Crippen molar-refractivity contribution < 1.29 is 8.54 Å². The first kappa shape index (κ1) is 12.0. The molecule has 0 radical (unpaired) electrons. The van der Waals surface area contributed by atoms with E-state index in [1.807, 2.05) is 0 Å². The van der Waals surface area contributed by atoms with Crippen LogP contribution >= 0.6 is 0 Å².